The molecule has 0 unspecified atom stereocenters. The van der Waals surface area contributed by atoms with Crippen LogP contribution in [0.3, 0.4) is 0 Å². The smallest absolute Gasteiger partial charge is 0.414 e. The maximum atomic E-state index is 11.4. The van der Waals surface area contributed by atoms with Crippen molar-refractivity contribution in [2.75, 3.05) is 18.0 Å². The summed E-state index contributed by atoms with van der Waals surface area (Å²) in [5, 5.41) is 0. The molecular weight excluding hydrogens is 180 g/mol. The number of carbonyl (C=O) groups excluding carboxylic acids is 1. The monoisotopic (exact) mass is 192 g/mol. The fraction of sp³-hybridized carbons (Fsp3) is 0.300. The molecule has 1 amide bonds. The Hall–Kier alpha value is -1.55. The van der Waals surface area contributed by atoms with Crippen molar-refractivity contribution in [2.24, 2.45) is 5.73 Å². The number of carbonyl (C=O) groups is 1. The summed E-state index contributed by atoms with van der Waals surface area (Å²) in [4.78, 5) is 13.0. The van der Waals surface area contributed by atoms with Gasteiger partial charge >= 0.3 is 6.09 Å². The molecular formula is C10H12N2O2. The van der Waals surface area contributed by atoms with Gasteiger partial charge in [0.25, 0.3) is 0 Å². The molecule has 4 nitrogen and oxygen atoms in total. The molecule has 1 atom stereocenters. The number of anilines is 1. The van der Waals surface area contributed by atoms with Crippen LogP contribution in [0.5, 0.6) is 0 Å². The molecule has 0 spiro atoms. The molecule has 1 aromatic rings. The highest BCUT2D eigenvalue weighted by Crippen LogP contribution is 2.20. The number of para-hydroxylation sites is 1. The lowest BCUT2D eigenvalue weighted by Crippen LogP contribution is -2.27. The Bertz CT molecular complexity index is 326. The molecule has 2 rings (SSSR count). The zero-order valence-electron chi connectivity index (χ0n) is 7.72. The van der Waals surface area contributed by atoms with Gasteiger partial charge in [0.1, 0.15) is 6.10 Å². The molecule has 1 saturated heterocycles. The maximum absolute atomic E-state index is 11.4. The third kappa shape index (κ3) is 1.56. The van der Waals surface area contributed by atoms with E-state index >= 15 is 0 Å². The predicted octanol–water partition coefficient (Wildman–Crippen LogP) is 0.970. The van der Waals surface area contributed by atoms with Gasteiger partial charge in [0.15, 0.2) is 0 Å². The Morgan fingerprint density at radius 3 is 2.71 bits per heavy atom. The molecule has 0 aromatic heterocycles. The molecule has 1 heterocycles. The molecule has 14 heavy (non-hydrogen) atoms. The van der Waals surface area contributed by atoms with Gasteiger partial charge in [-0.25, -0.2) is 4.79 Å². The molecule has 1 aliphatic rings. The SMILES string of the molecule is NC[C@@H]1CN(c2ccccc2)C(=O)O1. The quantitative estimate of drug-likeness (QED) is 0.759. The van der Waals surface area contributed by atoms with Crippen molar-refractivity contribution in [2.45, 2.75) is 6.10 Å². The zero-order valence-corrected chi connectivity index (χ0v) is 7.72. The highest BCUT2D eigenvalue weighted by atomic mass is 16.6. The molecule has 0 aliphatic carbocycles. The maximum Gasteiger partial charge on any atom is 0.414 e. The fourth-order valence-electron chi connectivity index (χ4n) is 1.46. The van der Waals surface area contributed by atoms with Crippen molar-refractivity contribution < 1.29 is 9.53 Å². The van der Waals surface area contributed by atoms with Crippen LogP contribution in [0.25, 0.3) is 0 Å². The van der Waals surface area contributed by atoms with Crippen LogP contribution in [-0.2, 0) is 4.74 Å². The van der Waals surface area contributed by atoms with Gasteiger partial charge in [-0.05, 0) is 12.1 Å². The van der Waals surface area contributed by atoms with E-state index in [4.69, 9.17) is 10.5 Å². The van der Waals surface area contributed by atoms with Crippen molar-refractivity contribution in [3.63, 3.8) is 0 Å². The van der Waals surface area contributed by atoms with Gasteiger partial charge in [-0.2, -0.15) is 0 Å². The Labute approximate surface area is 82.3 Å². The van der Waals surface area contributed by atoms with Crippen LogP contribution in [-0.4, -0.2) is 25.3 Å². The summed E-state index contributed by atoms with van der Waals surface area (Å²) in [6.07, 6.45) is -0.491. The van der Waals surface area contributed by atoms with Crippen molar-refractivity contribution in [3.05, 3.63) is 30.3 Å². The first-order chi connectivity index (χ1) is 6.81. The largest absolute Gasteiger partial charge is 0.443 e. The average Bonchev–Trinajstić information content (AvgIpc) is 2.61. The minimum absolute atomic E-state index is 0.178. The van der Waals surface area contributed by atoms with Gasteiger partial charge in [0.05, 0.1) is 6.54 Å². The Kier molecular flexibility index (Phi) is 2.37. The van der Waals surface area contributed by atoms with Crippen LogP contribution in [0.15, 0.2) is 30.3 Å². The first-order valence-corrected chi connectivity index (χ1v) is 4.54. The number of hydrogen-bond donors (Lipinski definition) is 1. The molecule has 1 fully saturated rings. The molecule has 4 heteroatoms. The number of ether oxygens (including phenoxy) is 1. The second kappa shape index (κ2) is 3.67. The van der Waals surface area contributed by atoms with E-state index < -0.39 is 0 Å². The van der Waals surface area contributed by atoms with E-state index in [0.29, 0.717) is 13.1 Å². The number of nitrogens with two attached hydrogens (primary N) is 1. The third-order valence-corrected chi connectivity index (χ3v) is 2.20. The van der Waals surface area contributed by atoms with Crippen LogP contribution in [0, 0.1) is 0 Å². The van der Waals surface area contributed by atoms with E-state index in [9.17, 15) is 4.79 Å². The molecule has 0 bridgehead atoms. The molecule has 0 radical (unpaired) electrons. The standard InChI is InChI=1S/C10H12N2O2/c11-6-9-7-12(10(13)14-9)8-4-2-1-3-5-8/h1-5,9H,6-7,11H2/t9-/m1/s1. The van der Waals surface area contributed by atoms with Gasteiger partial charge in [-0.15, -0.1) is 0 Å². The molecule has 2 N–H and O–H groups in total. The van der Waals surface area contributed by atoms with Crippen molar-refractivity contribution in [1.29, 1.82) is 0 Å². The Morgan fingerprint density at radius 2 is 2.14 bits per heavy atom. The molecule has 74 valence electrons. The average molecular weight is 192 g/mol. The number of benzene rings is 1. The third-order valence-electron chi connectivity index (χ3n) is 2.20. The lowest BCUT2D eigenvalue weighted by molar-refractivity contribution is 0.145. The van der Waals surface area contributed by atoms with Crippen molar-refractivity contribution >= 4 is 11.8 Å². The van der Waals surface area contributed by atoms with E-state index in [0.717, 1.165) is 5.69 Å². The molecule has 1 aliphatic heterocycles. The summed E-state index contributed by atoms with van der Waals surface area (Å²) < 4.78 is 5.04. The second-order valence-electron chi connectivity index (χ2n) is 3.19. The first-order valence-electron chi connectivity index (χ1n) is 4.54. The van der Waals surface area contributed by atoms with Crippen LogP contribution in [0.4, 0.5) is 10.5 Å². The van der Waals surface area contributed by atoms with Crippen molar-refractivity contribution in [3.8, 4) is 0 Å². The molecule has 1 aromatic carbocycles. The highest BCUT2D eigenvalue weighted by molar-refractivity contribution is 5.89. The first kappa shape index (κ1) is 9.02. The molecule has 0 saturated carbocycles. The van der Waals surface area contributed by atoms with E-state index in [-0.39, 0.29) is 12.2 Å². The number of amides is 1. The number of hydrogen-bond acceptors (Lipinski definition) is 3. The number of rotatable bonds is 2. The summed E-state index contributed by atoms with van der Waals surface area (Å²) in [5.41, 5.74) is 6.29. The summed E-state index contributed by atoms with van der Waals surface area (Å²) in [6.45, 7) is 0.911. The van der Waals surface area contributed by atoms with E-state index in [1.54, 1.807) is 4.90 Å². The predicted molar refractivity (Wildman–Crippen MR) is 53.1 cm³/mol. The lowest BCUT2D eigenvalue weighted by Gasteiger charge is -2.11. The summed E-state index contributed by atoms with van der Waals surface area (Å²) in [6, 6.07) is 9.43. The summed E-state index contributed by atoms with van der Waals surface area (Å²) >= 11 is 0. The van der Waals surface area contributed by atoms with Gasteiger partial charge in [-0.3, -0.25) is 4.90 Å². The van der Waals surface area contributed by atoms with Gasteiger partial charge in [0.2, 0.25) is 0 Å². The highest BCUT2D eigenvalue weighted by Gasteiger charge is 2.30. The van der Waals surface area contributed by atoms with E-state index in [1.165, 1.54) is 0 Å². The summed E-state index contributed by atoms with van der Waals surface area (Å²) in [7, 11) is 0. The zero-order chi connectivity index (χ0) is 9.97. The van der Waals surface area contributed by atoms with E-state index in [2.05, 4.69) is 0 Å². The van der Waals surface area contributed by atoms with Gasteiger partial charge in [0, 0.05) is 12.2 Å². The van der Waals surface area contributed by atoms with Crippen LogP contribution in [0.2, 0.25) is 0 Å². The van der Waals surface area contributed by atoms with Crippen LogP contribution in [0.1, 0.15) is 0 Å². The minimum atomic E-state index is -0.313. The van der Waals surface area contributed by atoms with Gasteiger partial charge in [-0.1, -0.05) is 18.2 Å². The summed E-state index contributed by atoms with van der Waals surface area (Å²) in [5.74, 6) is 0. The van der Waals surface area contributed by atoms with Gasteiger partial charge < -0.3 is 10.5 Å². The number of nitrogens with zero attached hydrogens (tertiary/aromatic N) is 1. The topological polar surface area (TPSA) is 55.6 Å². The van der Waals surface area contributed by atoms with Crippen molar-refractivity contribution in [1.82, 2.24) is 0 Å². The van der Waals surface area contributed by atoms with Crippen LogP contribution < -0.4 is 10.6 Å². The number of cyclic esters (lactones) is 1. The Balaban J connectivity index is 2.17. The Morgan fingerprint density at radius 1 is 1.43 bits per heavy atom. The second-order valence-corrected chi connectivity index (χ2v) is 3.19. The minimum Gasteiger partial charge on any atom is -0.443 e. The van der Waals surface area contributed by atoms with E-state index in [1.807, 2.05) is 30.3 Å². The van der Waals surface area contributed by atoms with Crippen LogP contribution >= 0.6 is 0 Å². The fourth-order valence-corrected chi connectivity index (χ4v) is 1.46. The lowest BCUT2D eigenvalue weighted by atomic mass is 10.3. The normalized spacial score (nSPS) is 21.1.